The van der Waals surface area contributed by atoms with Crippen molar-refractivity contribution in [2.24, 2.45) is 0 Å². The Balaban J connectivity index is 1.74. The van der Waals surface area contributed by atoms with Crippen LogP contribution in [0.3, 0.4) is 0 Å². The SMILES string of the molecule is FC(F)(F)c1cc(NC2CCNCC2)c2c(c1)Oc1ccccc1N2. The van der Waals surface area contributed by atoms with E-state index in [1.165, 1.54) is 0 Å². The van der Waals surface area contributed by atoms with Gasteiger partial charge in [0.25, 0.3) is 0 Å². The van der Waals surface area contributed by atoms with E-state index in [2.05, 4.69) is 16.0 Å². The molecule has 4 rings (SSSR count). The second-order valence-electron chi connectivity index (χ2n) is 6.29. The van der Waals surface area contributed by atoms with E-state index in [0.717, 1.165) is 43.8 Å². The number of anilines is 3. The Kier molecular flexibility index (Phi) is 3.95. The van der Waals surface area contributed by atoms with Gasteiger partial charge in [-0.15, -0.1) is 0 Å². The molecule has 0 amide bonds. The van der Waals surface area contributed by atoms with E-state index in [1.807, 2.05) is 12.1 Å². The molecular formula is C18H18F3N3O. The zero-order valence-electron chi connectivity index (χ0n) is 13.4. The van der Waals surface area contributed by atoms with Gasteiger partial charge in [0.15, 0.2) is 11.5 Å². The van der Waals surface area contributed by atoms with Crippen LogP contribution in [-0.4, -0.2) is 19.1 Å². The van der Waals surface area contributed by atoms with Gasteiger partial charge in [0.2, 0.25) is 0 Å². The van der Waals surface area contributed by atoms with Gasteiger partial charge in [-0.2, -0.15) is 13.2 Å². The standard InChI is InChI=1S/C18H18F3N3O/c19-18(20,21)11-9-14(23-12-5-7-22-8-6-12)17-16(10-11)25-15-4-2-1-3-13(15)24-17/h1-4,9-10,12,22-24H,5-8H2. The average Bonchev–Trinajstić information content (AvgIpc) is 2.60. The Morgan fingerprint density at radius 2 is 1.80 bits per heavy atom. The van der Waals surface area contributed by atoms with Crippen molar-refractivity contribution < 1.29 is 17.9 Å². The molecule has 3 N–H and O–H groups in total. The van der Waals surface area contributed by atoms with Crippen LogP contribution < -0.4 is 20.7 Å². The molecule has 0 aromatic heterocycles. The van der Waals surface area contributed by atoms with Gasteiger partial charge in [-0.05, 0) is 50.2 Å². The second kappa shape index (κ2) is 6.15. The topological polar surface area (TPSA) is 45.3 Å². The van der Waals surface area contributed by atoms with Crippen molar-refractivity contribution in [3.8, 4) is 11.5 Å². The highest BCUT2D eigenvalue weighted by molar-refractivity contribution is 5.85. The molecule has 7 heteroatoms. The summed E-state index contributed by atoms with van der Waals surface area (Å²) in [5.74, 6) is 0.701. The zero-order valence-corrected chi connectivity index (χ0v) is 13.4. The first-order valence-corrected chi connectivity index (χ1v) is 8.27. The number of halogens is 3. The molecular weight excluding hydrogens is 331 g/mol. The molecule has 4 nitrogen and oxygen atoms in total. The largest absolute Gasteiger partial charge is 0.453 e. The molecule has 1 saturated heterocycles. The van der Waals surface area contributed by atoms with E-state index in [4.69, 9.17) is 4.74 Å². The molecule has 0 radical (unpaired) electrons. The molecule has 0 bridgehead atoms. The Labute approximate surface area is 143 Å². The smallest absolute Gasteiger partial charge is 0.416 e. The summed E-state index contributed by atoms with van der Waals surface area (Å²) >= 11 is 0. The van der Waals surface area contributed by atoms with Crippen molar-refractivity contribution in [3.05, 3.63) is 42.0 Å². The molecule has 1 fully saturated rings. The minimum atomic E-state index is -4.43. The molecule has 2 aromatic rings. The van der Waals surface area contributed by atoms with Crippen LogP contribution in [0.2, 0.25) is 0 Å². The molecule has 25 heavy (non-hydrogen) atoms. The van der Waals surface area contributed by atoms with E-state index in [0.29, 0.717) is 17.1 Å². The Hall–Kier alpha value is -2.41. The minimum Gasteiger partial charge on any atom is -0.453 e. The Bertz CT molecular complexity index is 786. The summed E-state index contributed by atoms with van der Waals surface area (Å²) in [7, 11) is 0. The van der Waals surface area contributed by atoms with E-state index in [1.54, 1.807) is 12.1 Å². The van der Waals surface area contributed by atoms with E-state index >= 15 is 0 Å². The van der Waals surface area contributed by atoms with Crippen molar-refractivity contribution in [3.63, 3.8) is 0 Å². The lowest BCUT2D eigenvalue weighted by Crippen LogP contribution is -2.35. The third-order valence-electron chi connectivity index (χ3n) is 4.49. The number of para-hydroxylation sites is 2. The monoisotopic (exact) mass is 349 g/mol. The van der Waals surface area contributed by atoms with E-state index in [-0.39, 0.29) is 11.8 Å². The summed E-state index contributed by atoms with van der Waals surface area (Å²) in [6.07, 6.45) is -2.70. The van der Waals surface area contributed by atoms with Crippen LogP contribution in [0.4, 0.5) is 30.2 Å². The average molecular weight is 349 g/mol. The van der Waals surface area contributed by atoms with Gasteiger partial charge in [0, 0.05) is 6.04 Å². The van der Waals surface area contributed by atoms with Gasteiger partial charge in [-0.1, -0.05) is 12.1 Å². The fraction of sp³-hybridized carbons (Fsp3) is 0.333. The number of alkyl halides is 3. The predicted octanol–water partition coefficient (Wildman–Crippen LogP) is 4.72. The van der Waals surface area contributed by atoms with Crippen LogP contribution in [-0.2, 0) is 6.18 Å². The summed E-state index contributed by atoms with van der Waals surface area (Å²) in [5, 5.41) is 9.73. The number of hydrogen-bond donors (Lipinski definition) is 3. The maximum absolute atomic E-state index is 13.3. The molecule has 2 aliphatic rings. The summed E-state index contributed by atoms with van der Waals surface area (Å²) in [6, 6.07) is 9.54. The number of piperidine rings is 1. The summed E-state index contributed by atoms with van der Waals surface area (Å²) in [6.45, 7) is 1.71. The van der Waals surface area contributed by atoms with Crippen LogP contribution in [0.25, 0.3) is 0 Å². The second-order valence-corrected chi connectivity index (χ2v) is 6.29. The number of nitrogens with one attached hydrogen (secondary N) is 3. The molecule has 0 spiro atoms. The molecule has 132 valence electrons. The van der Waals surface area contributed by atoms with Crippen molar-refractivity contribution >= 4 is 17.1 Å². The summed E-state index contributed by atoms with van der Waals surface area (Å²) in [4.78, 5) is 0. The number of benzene rings is 2. The van der Waals surface area contributed by atoms with Crippen LogP contribution in [0, 0.1) is 0 Å². The molecule has 2 aromatic carbocycles. The number of fused-ring (bicyclic) bond motifs is 2. The minimum absolute atomic E-state index is 0.132. The molecule has 0 atom stereocenters. The van der Waals surface area contributed by atoms with Crippen molar-refractivity contribution in [1.82, 2.24) is 5.32 Å². The summed E-state index contributed by atoms with van der Waals surface area (Å²) < 4.78 is 45.6. The van der Waals surface area contributed by atoms with Crippen LogP contribution in [0.5, 0.6) is 11.5 Å². The Morgan fingerprint density at radius 1 is 1.04 bits per heavy atom. The van der Waals surface area contributed by atoms with Gasteiger partial charge in [-0.3, -0.25) is 0 Å². The van der Waals surface area contributed by atoms with Gasteiger partial charge < -0.3 is 20.7 Å². The van der Waals surface area contributed by atoms with Gasteiger partial charge in [0.05, 0.1) is 16.9 Å². The van der Waals surface area contributed by atoms with Crippen LogP contribution in [0.1, 0.15) is 18.4 Å². The number of rotatable bonds is 2. The lowest BCUT2D eigenvalue weighted by molar-refractivity contribution is -0.137. The molecule has 0 saturated carbocycles. The highest BCUT2D eigenvalue weighted by Crippen LogP contribution is 2.48. The quantitative estimate of drug-likeness (QED) is 0.626. The maximum atomic E-state index is 13.3. The fourth-order valence-electron chi connectivity index (χ4n) is 3.20. The van der Waals surface area contributed by atoms with Crippen molar-refractivity contribution in [2.45, 2.75) is 25.1 Å². The lowest BCUT2D eigenvalue weighted by atomic mass is 10.0. The maximum Gasteiger partial charge on any atom is 0.416 e. The van der Waals surface area contributed by atoms with Crippen LogP contribution >= 0.6 is 0 Å². The first kappa shape index (κ1) is 16.1. The molecule has 2 heterocycles. The van der Waals surface area contributed by atoms with Crippen molar-refractivity contribution in [1.29, 1.82) is 0 Å². The first-order chi connectivity index (χ1) is 12.0. The zero-order chi connectivity index (χ0) is 17.4. The van der Waals surface area contributed by atoms with Crippen molar-refractivity contribution in [2.75, 3.05) is 23.7 Å². The van der Waals surface area contributed by atoms with Gasteiger partial charge in [-0.25, -0.2) is 0 Å². The van der Waals surface area contributed by atoms with Gasteiger partial charge in [0.1, 0.15) is 5.69 Å². The van der Waals surface area contributed by atoms with E-state index < -0.39 is 11.7 Å². The Morgan fingerprint density at radius 3 is 2.56 bits per heavy atom. The molecule has 0 unspecified atom stereocenters. The third-order valence-corrected chi connectivity index (χ3v) is 4.49. The molecule has 2 aliphatic heterocycles. The molecule has 0 aliphatic carbocycles. The third kappa shape index (κ3) is 3.24. The van der Waals surface area contributed by atoms with E-state index in [9.17, 15) is 13.2 Å². The normalized spacial score (nSPS) is 17.1. The number of hydrogen-bond acceptors (Lipinski definition) is 4. The number of ether oxygens (including phenoxy) is 1. The summed E-state index contributed by atoms with van der Waals surface area (Å²) in [5.41, 5.74) is 0.989. The highest BCUT2D eigenvalue weighted by Gasteiger charge is 2.34. The fourth-order valence-corrected chi connectivity index (χ4v) is 3.20. The van der Waals surface area contributed by atoms with Gasteiger partial charge >= 0.3 is 6.18 Å². The highest BCUT2D eigenvalue weighted by atomic mass is 19.4. The first-order valence-electron chi connectivity index (χ1n) is 8.27. The lowest BCUT2D eigenvalue weighted by Gasteiger charge is -2.29. The van der Waals surface area contributed by atoms with Crippen LogP contribution in [0.15, 0.2) is 36.4 Å². The predicted molar refractivity (Wildman–Crippen MR) is 90.8 cm³/mol.